The quantitative estimate of drug-likeness (QED) is 0.0282. The van der Waals surface area contributed by atoms with Crippen LogP contribution in [-0.2, 0) is 19.1 Å². The van der Waals surface area contributed by atoms with Crippen LogP contribution in [0.3, 0.4) is 0 Å². The molecule has 0 amide bonds. The van der Waals surface area contributed by atoms with Crippen molar-refractivity contribution in [3.63, 3.8) is 0 Å². The van der Waals surface area contributed by atoms with Gasteiger partial charge in [0.25, 0.3) is 0 Å². The van der Waals surface area contributed by atoms with Crippen molar-refractivity contribution in [1.82, 2.24) is 0 Å². The van der Waals surface area contributed by atoms with Gasteiger partial charge in [-0.15, -0.1) is 0 Å². The van der Waals surface area contributed by atoms with E-state index in [0.29, 0.717) is 51.4 Å². The lowest BCUT2D eigenvalue weighted by atomic mass is 9.87. The molecule has 11 heteroatoms. The van der Waals surface area contributed by atoms with Crippen molar-refractivity contribution in [1.29, 1.82) is 0 Å². The highest BCUT2D eigenvalue weighted by atomic mass is 19.1. The number of hydrogen-bond acceptors (Lipinski definition) is 8. The van der Waals surface area contributed by atoms with Gasteiger partial charge in [0.2, 0.25) is 0 Å². The molecule has 0 heterocycles. The zero-order valence-electron chi connectivity index (χ0n) is 34.3. The molecule has 0 radical (unpaired) electrons. The minimum Gasteiger partial charge on any atom is -0.481 e. The number of ether oxygens (including phenoxy) is 1. The van der Waals surface area contributed by atoms with Gasteiger partial charge in [-0.1, -0.05) is 108 Å². The summed E-state index contributed by atoms with van der Waals surface area (Å²) < 4.78 is 35.3. The number of carboxylic acids is 1. The van der Waals surface area contributed by atoms with Crippen LogP contribution in [0.25, 0.3) is 0 Å². The topological polar surface area (TPSA) is 162 Å². The van der Waals surface area contributed by atoms with Crippen molar-refractivity contribution in [2.45, 2.75) is 172 Å². The van der Waals surface area contributed by atoms with Gasteiger partial charge in [-0.3, -0.25) is 14.4 Å². The Morgan fingerprint density at radius 1 is 0.754 bits per heavy atom. The van der Waals surface area contributed by atoms with Gasteiger partial charge in [0.05, 0.1) is 18.3 Å². The second kappa shape index (κ2) is 26.0. The third kappa shape index (κ3) is 16.9. The van der Waals surface area contributed by atoms with Crippen molar-refractivity contribution in [3.05, 3.63) is 73.4 Å². The Morgan fingerprint density at radius 2 is 1.35 bits per heavy atom. The van der Waals surface area contributed by atoms with Crippen molar-refractivity contribution in [2.24, 2.45) is 23.7 Å². The number of carbonyl (C=O) groups is 3. The van der Waals surface area contributed by atoms with E-state index in [-0.39, 0.29) is 69.0 Å². The standard InChI is InChI=1S/C46H70F2O9/c1-5-7-17-27-45(56,33(3)47)28-19-23-37-35(39(49)31-41(37)51)22-14-10-12-16-26-44(55)57-46(34(4)48,29-18-8-6-2)30-20-24-38-36(40(50)32-42(38)52)21-13-9-11-15-25-43(53)54/h9-10,13-14,19-20,23-24,35-39,41-42,49,51-52,56H,3-8,11-12,15-18,21-22,25-32H2,1-2H3,(H,53,54)/b13-9-,14-10?,23-19?,24-20+/t35-,36-,37-,38-,39+,41-,42-,45?,46?/m1/s1. The molecule has 2 fully saturated rings. The molecule has 9 atom stereocenters. The van der Waals surface area contributed by atoms with Gasteiger partial charge in [0.15, 0.2) is 5.60 Å². The highest BCUT2D eigenvalue weighted by Crippen LogP contribution is 2.39. The number of esters is 1. The predicted octanol–water partition coefficient (Wildman–Crippen LogP) is 9.26. The molecular formula is C46H70F2O9. The number of rotatable bonds is 29. The number of aliphatic hydroxyl groups excluding tert-OH is 3. The number of ketones is 1. The lowest BCUT2D eigenvalue weighted by Crippen LogP contribution is -2.35. The third-order valence-electron chi connectivity index (χ3n) is 11.6. The average molecular weight is 805 g/mol. The maximum Gasteiger partial charge on any atom is 0.306 e. The molecule has 2 unspecified atom stereocenters. The number of unbranched alkanes of at least 4 members (excludes halogenated alkanes) is 6. The summed E-state index contributed by atoms with van der Waals surface area (Å²) >= 11 is 0. The molecule has 57 heavy (non-hydrogen) atoms. The molecule has 2 aliphatic rings. The Hall–Kier alpha value is -3.25. The summed E-state index contributed by atoms with van der Waals surface area (Å²) in [5, 5.41) is 51.6. The Kier molecular flexibility index (Phi) is 22.7. The molecule has 0 saturated heterocycles. The highest BCUT2D eigenvalue weighted by Gasteiger charge is 2.41. The molecule has 0 bridgehead atoms. The SMILES string of the molecule is C=C(F)C(O)(CC=C[C@@H]1[C@@H](CC=CCCCC(=O)OC(C/C=C/[C@H]2[C@H](O)CC(=O)[C@@H]2C/C=C\CCCC(=O)O)(CCCCC)C(=C)F)[C@@H](O)C[C@H]1O)CCCCC. The lowest BCUT2D eigenvalue weighted by Gasteiger charge is -2.31. The summed E-state index contributed by atoms with van der Waals surface area (Å²) in [6, 6.07) is 0. The molecule has 0 aliphatic heterocycles. The van der Waals surface area contributed by atoms with Gasteiger partial charge in [0.1, 0.15) is 23.0 Å². The summed E-state index contributed by atoms with van der Waals surface area (Å²) in [7, 11) is 0. The summed E-state index contributed by atoms with van der Waals surface area (Å²) in [6.07, 6.45) is 20.3. The Bertz CT molecular complexity index is 1410. The molecule has 9 nitrogen and oxygen atoms in total. The van der Waals surface area contributed by atoms with Crippen molar-refractivity contribution in [3.8, 4) is 0 Å². The Labute approximate surface area is 339 Å². The first-order chi connectivity index (χ1) is 27.1. The maximum absolute atomic E-state index is 15.3. The molecule has 0 aromatic rings. The number of halogens is 2. The largest absolute Gasteiger partial charge is 0.481 e. The molecule has 0 aromatic heterocycles. The zero-order valence-corrected chi connectivity index (χ0v) is 34.3. The minimum atomic E-state index is -1.66. The minimum absolute atomic E-state index is 0.00129. The van der Waals surface area contributed by atoms with Gasteiger partial charge in [-0.05, 0) is 63.7 Å². The van der Waals surface area contributed by atoms with Gasteiger partial charge < -0.3 is 30.3 Å². The van der Waals surface area contributed by atoms with E-state index in [0.717, 1.165) is 25.7 Å². The van der Waals surface area contributed by atoms with E-state index >= 15 is 4.39 Å². The summed E-state index contributed by atoms with van der Waals surface area (Å²) in [5.41, 5.74) is -3.25. The monoisotopic (exact) mass is 804 g/mol. The van der Waals surface area contributed by atoms with E-state index in [2.05, 4.69) is 13.2 Å². The first-order valence-corrected chi connectivity index (χ1v) is 21.2. The molecule has 2 saturated carbocycles. The number of hydrogen-bond donors (Lipinski definition) is 5. The summed E-state index contributed by atoms with van der Waals surface area (Å²) in [6.45, 7) is 10.9. The molecule has 2 aliphatic carbocycles. The van der Waals surface area contributed by atoms with Crippen LogP contribution in [0.2, 0.25) is 0 Å². The van der Waals surface area contributed by atoms with E-state index < -0.39 is 64.9 Å². The van der Waals surface area contributed by atoms with Crippen LogP contribution in [0, 0.1) is 23.7 Å². The number of Topliss-reactive ketones (excluding diaryl/α,β-unsaturated/α-hetero) is 1. The van der Waals surface area contributed by atoms with Crippen LogP contribution in [-0.4, -0.2) is 72.8 Å². The number of carbonyl (C=O) groups excluding carboxylic acids is 2. The van der Waals surface area contributed by atoms with E-state index in [1.165, 1.54) is 0 Å². The molecular weight excluding hydrogens is 734 g/mol. The molecule has 0 spiro atoms. The first kappa shape index (κ1) is 49.9. The van der Waals surface area contributed by atoms with Crippen LogP contribution in [0.15, 0.2) is 73.4 Å². The van der Waals surface area contributed by atoms with Crippen molar-refractivity contribution >= 4 is 17.7 Å². The number of carboxylic acid groups (broad SMARTS) is 1. The normalized spacial score (nSPS) is 26.2. The van der Waals surface area contributed by atoms with Gasteiger partial charge in [-0.2, -0.15) is 0 Å². The van der Waals surface area contributed by atoms with E-state index in [4.69, 9.17) is 9.84 Å². The second-order valence-corrected chi connectivity index (χ2v) is 16.1. The van der Waals surface area contributed by atoms with Gasteiger partial charge in [0, 0.05) is 56.3 Å². The van der Waals surface area contributed by atoms with Crippen molar-refractivity contribution < 1.29 is 53.4 Å². The van der Waals surface area contributed by atoms with Crippen LogP contribution in [0.1, 0.15) is 142 Å². The Morgan fingerprint density at radius 3 is 1.96 bits per heavy atom. The number of allylic oxidation sites excluding steroid dienone is 4. The average Bonchev–Trinajstić information content (AvgIpc) is 3.57. The van der Waals surface area contributed by atoms with E-state index in [9.17, 15) is 39.2 Å². The van der Waals surface area contributed by atoms with E-state index in [1.54, 1.807) is 24.3 Å². The van der Waals surface area contributed by atoms with Crippen LogP contribution in [0.4, 0.5) is 8.78 Å². The predicted molar refractivity (Wildman–Crippen MR) is 219 cm³/mol. The van der Waals surface area contributed by atoms with Crippen LogP contribution in [0.5, 0.6) is 0 Å². The second-order valence-electron chi connectivity index (χ2n) is 16.1. The van der Waals surface area contributed by atoms with Crippen LogP contribution < -0.4 is 0 Å². The lowest BCUT2D eigenvalue weighted by molar-refractivity contribution is -0.158. The summed E-state index contributed by atoms with van der Waals surface area (Å²) in [5.74, 6) is -4.68. The fourth-order valence-corrected chi connectivity index (χ4v) is 7.98. The molecule has 322 valence electrons. The van der Waals surface area contributed by atoms with Crippen molar-refractivity contribution in [2.75, 3.05) is 0 Å². The maximum atomic E-state index is 15.3. The van der Waals surface area contributed by atoms with Gasteiger partial charge in [-0.25, -0.2) is 8.78 Å². The summed E-state index contributed by atoms with van der Waals surface area (Å²) in [4.78, 5) is 36.6. The Balaban J connectivity index is 1.99. The number of aliphatic carboxylic acids is 1. The van der Waals surface area contributed by atoms with Gasteiger partial charge >= 0.3 is 11.9 Å². The zero-order chi connectivity index (χ0) is 42.4. The highest BCUT2D eigenvalue weighted by molar-refractivity contribution is 5.84. The molecule has 0 aromatic carbocycles. The first-order valence-electron chi connectivity index (χ1n) is 21.2. The fraction of sp³-hybridized carbons (Fsp3) is 0.674. The molecule has 5 N–H and O–H groups in total. The van der Waals surface area contributed by atoms with E-state index in [1.807, 2.05) is 38.2 Å². The number of aliphatic hydroxyl groups is 4. The molecule has 2 rings (SSSR count). The fourth-order valence-electron chi connectivity index (χ4n) is 7.98. The smallest absolute Gasteiger partial charge is 0.306 e. The van der Waals surface area contributed by atoms with Crippen LogP contribution >= 0.6 is 0 Å². The third-order valence-corrected chi connectivity index (χ3v) is 11.6.